The molecule has 3 rings (SSSR count). The van der Waals surface area contributed by atoms with Crippen molar-refractivity contribution in [1.29, 1.82) is 0 Å². The first-order valence-corrected chi connectivity index (χ1v) is 8.66. The molecule has 110 valence electrons. The standard InChI is InChI=1S/C12H11ClN4O2S2/c1-17-10(16-8-3-2-6-14-12(8)17)7-15-21(18,19)11-5-4-9(13)20-11/h2-6,15H,7H2,1H3. The number of sulfonamides is 1. The second kappa shape index (κ2) is 5.38. The van der Waals surface area contributed by atoms with Gasteiger partial charge in [0.2, 0.25) is 0 Å². The number of nitrogens with one attached hydrogen (secondary N) is 1. The van der Waals surface area contributed by atoms with Crippen LogP contribution in [0.2, 0.25) is 4.34 Å². The Morgan fingerprint density at radius 2 is 2.19 bits per heavy atom. The van der Waals surface area contributed by atoms with Crippen LogP contribution < -0.4 is 4.72 Å². The van der Waals surface area contributed by atoms with Crippen LogP contribution in [-0.4, -0.2) is 23.0 Å². The number of aromatic nitrogens is 3. The van der Waals surface area contributed by atoms with Crippen LogP contribution in [0.25, 0.3) is 11.2 Å². The lowest BCUT2D eigenvalue weighted by Gasteiger charge is -2.04. The number of fused-ring (bicyclic) bond motifs is 1. The van der Waals surface area contributed by atoms with E-state index < -0.39 is 10.0 Å². The summed E-state index contributed by atoms with van der Waals surface area (Å²) in [6.45, 7) is 0.0880. The number of nitrogens with zero attached hydrogens (tertiary/aromatic N) is 3. The highest BCUT2D eigenvalue weighted by Gasteiger charge is 2.18. The summed E-state index contributed by atoms with van der Waals surface area (Å²) >= 11 is 6.78. The zero-order valence-electron chi connectivity index (χ0n) is 10.9. The summed E-state index contributed by atoms with van der Waals surface area (Å²) in [6.07, 6.45) is 1.67. The van der Waals surface area contributed by atoms with Gasteiger partial charge in [-0.1, -0.05) is 11.6 Å². The molecule has 3 aromatic rings. The minimum atomic E-state index is -3.58. The Bertz CT molecular complexity index is 901. The third-order valence-electron chi connectivity index (χ3n) is 2.95. The van der Waals surface area contributed by atoms with Crippen LogP contribution in [0.3, 0.4) is 0 Å². The van der Waals surface area contributed by atoms with E-state index in [-0.39, 0.29) is 10.8 Å². The van der Waals surface area contributed by atoms with Crippen molar-refractivity contribution in [2.24, 2.45) is 7.05 Å². The van der Waals surface area contributed by atoms with E-state index in [1.54, 1.807) is 29.9 Å². The maximum atomic E-state index is 12.1. The summed E-state index contributed by atoms with van der Waals surface area (Å²) in [5.74, 6) is 0.593. The number of thiophene rings is 1. The maximum absolute atomic E-state index is 12.1. The minimum absolute atomic E-state index is 0.0880. The Hall–Kier alpha value is -1.48. The first-order chi connectivity index (χ1) is 9.97. The molecule has 0 unspecified atom stereocenters. The minimum Gasteiger partial charge on any atom is -0.315 e. The third-order valence-corrected chi connectivity index (χ3v) is 6.08. The van der Waals surface area contributed by atoms with E-state index in [4.69, 9.17) is 11.6 Å². The van der Waals surface area contributed by atoms with Gasteiger partial charge < -0.3 is 4.57 Å². The fraction of sp³-hybridized carbons (Fsp3) is 0.167. The van der Waals surface area contributed by atoms with Gasteiger partial charge in [-0.15, -0.1) is 11.3 Å². The Morgan fingerprint density at radius 1 is 1.38 bits per heavy atom. The molecule has 6 nitrogen and oxygen atoms in total. The summed E-state index contributed by atoms with van der Waals surface area (Å²) in [6, 6.07) is 6.65. The smallest absolute Gasteiger partial charge is 0.250 e. The van der Waals surface area contributed by atoms with Crippen LogP contribution in [0.4, 0.5) is 0 Å². The maximum Gasteiger partial charge on any atom is 0.250 e. The molecular weight excluding hydrogens is 332 g/mol. The highest BCUT2D eigenvalue weighted by atomic mass is 35.5. The first kappa shape index (κ1) is 14.5. The summed E-state index contributed by atoms with van der Waals surface area (Å²) in [5.41, 5.74) is 1.44. The number of pyridine rings is 1. The Morgan fingerprint density at radius 3 is 2.86 bits per heavy atom. The van der Waals surface area contributed by atoms with E-state index in [1.165, 1.54) is 6.07 Å². The lowest BCUT2D eigenvalue weighted by molar-refractivity contribution is 0.580. The Balaban J connectivity index is 1.85. The fourth-order valence-electron chi connectivity index (χ4n) is 1.90. The van der Waals surface area contributed by atoms with Gasteiger partial charge in [0.15, 0.2) is 5.65 Å². The summed E-state index contributed by atoms with van der Waals surface area (Å²) in [4.78, 5) is 8.58. The predicted molar refractivity (Wildman–Crippen MR) is 81.9 cm³/mol. The molecule has 21 heavy (non-hydrogen) atoms. The zero-order valence-corrected chi connectivity index (χ0v) is 13.3. The molecule has 0 spiro atoms. The molecule has 0 aliphatic heterocycles. The third kappa shape index (κ3) is 2.80. The molecule has 0 aromatic carbocycles. The molecule has 0 saturated heterocycles. The second-order valence-corrected chi connectivity index (χ2v) is 8.03. The number of hydrogen-bond acceptors (Lipinski definition) is 5. The normalized spacial score (nSPS) is 12.1. The average Bonchev–Trinajstić information content (AvgIpc) is 3.02. The Labute approximate surface area is 130 Å². The molecule has 0 saturated carbocycles. The molecule has 0 fully saturated rings. The van der Waals surface area contributed by atoms with Crippen LogP contribution in [-0.2, 0) is 23.6 Å². The quantitative estimate of drug-likeness (QED) is 0.788. The van der Waals surface area contributed by atoms with Gasteiger partial charge in [0, 0.05) is 13.2 Å². The van der Waals surface area contributed by atoms with Crippen LogP contribution in [0, 0.1) is 0 Å². The predicted octanol–water partition coefficient (Wildman–Crippen LogP) is 2.16. The van der Waals surface area contributed by atoms with Gasteiger partial charge in [-0.25, -0.2) is 23.1 Å². The number of aryl methyl sites for hydroxylation is 1. The van der Waals surface area contributed by atoms with E-state index in [1.807, 2.05) is 6.07 Å². The van der Waals surface area contributed by atoms with Crippen LogP contribution in [0.15, 0.2) is 34.7 Å². The molecule has 0 amide bonds. The summed E-state index contributed by atoms with van der Waals surface area (Å²) < 4.78 is 29.2. The first-order valence-electron chi connectivity index (χ1n) is 5.99. The lowest BCUT2D eigenvalue weighted by Crippen LogP contribution is -2.24. The second-order valence-electron chi connectivity index (χ2n) is 4.32. The van der Waals surface area contributed by atoms with Crippen molar-refractivity contribution in [2.75, 3.05) is 0 Å². The summed E-state index contributed by atoms with van der Waals surface area (Å²) in [5, 5.41) is 0. The molecule has 0 bridgehead atoms. The van der Waals surface area contributed by atoms with Gasteiger partial charge in [0.1, 0.15) is 15.6 Å². The summed E-state index contributed by atoms with van der Waals surface area (Å²) in [7, 11) is -1.78. The van der Waals surface area contributed by atoms with Gasteiger partial charge >= 0.3 is 0 Å². The topological polar surface area (TPSA) is 76.9 Å². The van der Waals surface area contributed by atoms with Crippen molar-refractivity contribution in [3.8, 4) is 0 Å². The molecule has 3 heterocycles. The van der Waals surface area contributed by atoms with Gasteiger partial charge in [-0.2, -0.15) is 0 Å². The monoisotopic (exact) mass is 342 g/mol. The number of imidazole rings is 1. The molecule has 9 heteroatoms. The van der Waals surface area contributed by atoms with Crippen molar-refractivity contribution in [2.45, 2.75) is 10.8 Å². The SMILES string of the molecule is Cn1c(CNS(=O)(=O)c2ccc(Cl)s2)nc2cccnc21. The largest absolute Gasteiger partial charge is 0.315 e. The highest BCUT2D eigenvalue weighted by molar-refractivity contribution is 7.91. The van der Waals surface area contributed by atoms with E-state index in [0.717, 1.165) is 16.9 Å². The molecular formula is C12H11ClN4O2S2. The van der Waals surface area contributed by atoms with Crippen molar-refractivity contribution >= 4 is 44.1 Å². The fourth-order valence-corrected chi connectivity index (χ4v) is 4.41. The molecule has 3 aromatic heterocycles. The molecule has 0 aliphatic rings. The van der Waals surface area contributed by atoms with Gasteiger partial charge in [-0.05, 0) is 24.3 Å². The highest BCUT2D eigenvalue weighted by Crippen LogP contribution is 2.25. The van der Waals surface area contributed by atoms with Crippen LogP contribution >= 0.6 is 22.9 Å². The van der Waals surface area contributed by atoms with Crippen molar-refractivity contribution < 1.29 is 8.42 Å². The molecule has 0 atom stereocenters. The van der Waals surface area contributed by atoms with Crippen molar-refractivity contribution in [3.05, 3.63) is 40.6 Å². The van der Waals surface area contributed by atoms with Gasteiger partial charge in [-0.3, -0.25) is 0 Å². The van der Waals surface area contributed by atoms with E-state index in [0.29, 0.717) is 15.8 Å². The zero-order chi connectivity index (χ0) is 15.0. The molecule has 0 aliphatic carbocycles. The van der Waals surface area contributed by atoms with E-state index in [9.17, 15) is 8.42 Å². The number of hydrogen-bond donors (Lipinski definition) is 1. The number of halogens is 1. The van der Waals surface area contributed by atoms with E-state index >= 15 is 0 Å². The lowest BCUT2D eigenvalue weighted by atomic mass is 10.4. The van der Waals surface area contributed by atoms with Crippen molar-refractivity contribution in [1.82, 2.24) is 19.3 Å². The number of rotatable bonds is 4. The van der Waals surface area contributed by atoms with Crippen molar-refractivity contribution in [3.63, 3.8) is 0 Å². The molecule has 1 N–H and O–H groups in total. The Kier molecular flexibility index (Phi) is 3.70. The molecule has 0 radical (unpaired) electrons. The van der Waals surface area contributed by atoms with Gasteiger partial charge in [0.05, 0.1) is 10.9 Å². The van der Waals surface area contributed by atoms with Crippen LogP contribution in [0.5, 0.6) is 0 Å². The van der Waals surface area contributed by atoms with Gasteiger partial charge in [0.25, 0.3) is 10.0 Å². The van der Waals surface area contributed by atoms with E-state index in [2.05, 4.69) is 14.7 Å². The average molecular weight is 343 g/mol. The van der Waals surface area contributed by atoms with Crippen LogP contribution in [0.1, 0.15) is 5.82 Å².